The summed E-state index contributed by atoms with van der Waals surface area (Å²) in [5.74, 6) is -0.144. The van der Waals surface area contributed by atoms with Gasteiger partial charge in [0.05, 0.1) is 17.1 Å². The minimum atomic E-state index is -0.246. The number of rotatable bonds is 5. The van der Waals surface area contributed by atoms with Crippen molar-refractivity contribution in [2.24, 2.45) is 0 Å². The van der Waals surface area contributed by atoms with Crippen LogP contribution in [0.1, 0.15) is 32.9 Å². The van der Waals surface area contributed by atoms with Gasteiger partial charge >= 0.3 is 0 Å². The van der Waals surface area contributed by atoms with Crippen molar-refractivity contribution < 1.29 is 9.18 Å². The lowest BCUT2D eigenvalue weighted by atomic mass is 10.2. The number of carbonyl (C=O) groups excluding carboxylic acids is 1. The van der Waals surface area contributed by atoms with E-state index in [1.54, 1.807) is 12.1 Å². The summed E-state index contributed by atoms with van der Waals surface area (Å²) in [6.07, 6.45) is 0.973. The van der Waals surface area contributed by atoms with Gasteiger partial charge in [0.25, 0.3) is 5.91 Å². The number of aromatic nitrogens is 2. The normalized spacial score (nSPS) is 15.2. The van der Waals surface area contributed by atoms with E-state index in [9.17, 15) is 9.18 Å². The van der Waals surface area contributed by atoms with Gasteiger partial charge in [-0.1, -0.05) is 42.5 Å². The molecule has 0 aliphatic carbocycles. The summed E-state index contributed by atoms with van der Waals surface area (Å²) < 4.78 is 15.2. The zero-order valence-corrected chi connectivity index (χ0v) is 19.5. The molecule has 1 saturated heterocycles. The van der Waals surface area contributed by atoms with Gasteiger partial charge in [0, 0.05) is 38.1 Å². The van der Waals surface area contributed by atoms with Crippen molar-refractivity contribution in [3.05, 3.63) is 88.2 Å². The number of halogens is 1. The fourth-order valence-electron chi connectivity index (χ4n) is 4.42. The highest BCUT2D eigenvalue weighted by molar-refractivity contribution is 7.20. The Labute approximate surface area is 197 Å². The molecule has 33 heavy (non-hydrogen) atoms. The van der Waals surface area contributed by atoms with Crippen molar-refractivity contribution in [1.82, 2.24) is 19.6 Å². The summed E-state index contributed by atoms with van der Waals surface area (Å²) in [6.45, 7) is 6.83. The van der Waals surface area contributed by atoms with Gasteiger partial charge in [-0.15, -0.1) is 11.3 Å². The van der Waals surface area contributed by atoms with Gasteiger partial charge < -0.3 is 4.90 Å². The molecule has 5 rings (SSSR count). The van der Waals surface area contributed by atoms with Crippen LogP contribution in [0, 0.1) is 12.7 Å². The zero-order valence-electron chi connectivity index (χ0n) is 18.7. The molecule has 0 N–H and O–H groups in total. The third-order valence-electron chi connectivity index (χ3n) is 6.19. The molecule has 1 aliphatic rings. The molecular weight excluding hydrogens is 435 g/mol. The van der Waals surface area contributed by atoms with E-state index in [1.807, 2.05) is 28.6 Å². The van der Waals surface area contributed by atoms with Crippen LogP contribution in [0.2, 0.25) is 0 Å². The first-order valence-corrected chi connectivity index (χ1v) is 12.2. The number of nitrogens with zero attached hydrogens (tertiary/aromatic N) is 4. The summed E-state index contributed by atoms with van der Waals surface area (Å²) in [7, 11) is 0. The van der Waals surface area contributed by atoms with Crippen molar-refractivity contribution in [3.63, 3.8) is 0 Å². The summed E-state index contributed by atoms with van der Waals surface area (Å²) in [5.41, 5.74) is 3.20. The van der Waals surface area contributed by atoms with Gasteiger partial charge in [0.2, 0.25) is 0 Å². The fraction of sp³-hybridized carbons (Fsp3) is 0.308. The van der Waals surface area contributed by atoms with E-state index in [1.165, 1.54) is 29.0 Å². The molecule has 1 amide bonds. The first kappa shape index (κ1) is 21.8. The second kappa shape index (κ2) is 9.45. The summed E-state index contributed by atoms with van der Waals surface area (Å²) in [5, 5.41) is 5.67. The zero-order chi connectivity index (χ0) is 22.8. The molecule has 0 atom stereocenters. The molecule has 0 spiro atoms. The van der Waals surface area contributed by atoms with Crippen LogP contribution in [0.5, 0.6) is 0 Å². The molecule has 7 heteroatoms. The van der Waals surface area contributed by atoms with Crippen LogP contribution in [-0.2, 0) is 13.1 Å². The van der Waals surface area contributed by atoms with Gasteiger partial charge in [-0.2, -0.15) is 5.10 Å². The van der Waals surface area contributed by atoms with Crippen LogP contribution in [0.3, 0.4) is 0 Å². The Morgan fingerprint density at radius 1 is 0.970 bits per heavy atom. The van der Waals surface area contributed by atoms with Crippen molar-refractivity contribution in [1.29, 1.82) is 0 Å². The molecular formula is C26H27FN4OS. The maximum absolute atomic E-state index is 13.3. The Morgan fingerprint density at radius 3 is 2.52 bits per heavy atom. The molecule has 2 aromatic heterocycles. The number of hydrogen-bond donors (Lipinski definition) is 0. The predicted octanol–water partition coefficient (Wildman–Crippen LogP) is 4.94. The number of hydrogen-bond acceptors (Lipinski definition) is 4. The highest BCUT2D eigenvalue weighted by atomic mass is 32.1. The molecule has 1 fully saturated rings. The lowest BCUT2D eigenvalue weighted by Gasteiger charge is -2.21. The molecule has 0 bridgehead atoms. The minimum Gasteiger partial charge on any atom is -0.337 e. The lowest BCUT2D eigenvalue weighted by molar-refractivity contribution is 0.0766. The van der Waals surface area contributed by atoms with Crippen molar-refractivity contribution in [2.45, 2.75) is 26.4 Å². The predicted molar refractivity (Wildman–Crippen MR) is 130 cm³/mol. The number of aryl methyl sites for hydroxylation is 1. The Balaban J connectivity index is 1.29. The number of amides is 1. The quantitative estimate of drug-likeness (QED) is 0.422. The van der Waals surface area contributed by atoms with Gasteiger partial charge in [0.15, 0.2) is 0 Å². The van der Waals surface area contributed by atoms with Gasteiger partial charge in [0.1, 0.15) is 10.6 Å². The topological polar surface area (TPSA) is 41.4 Å². The van der Waals surface area contributed by atoms with Crippen molar-refractivity contribution in [2.75, 3.05) is 26.2 Å². The molecule has 0 unspecified atom stereocenters. The van der Waals surface area contributed by atoms with Crippen LogP contribution >= 0.6 is 11.3 Å². The van der Waals surface area contributed by atoms with Crippen molar-refractivity contribution in [3.8, 4) is 0 Å². The molecule has 170 valence electrons. The highest BCUT2D eigenvalue weighted by Gasteiger charge is 2.23. The highest BCUT2D eigenvalue weighted by Crippen LogP contribution is 2.30. The molecule has 0 radical (unpaired) electrons. The Hall–Kier alpha value is -3.03. The molecule has 4 aromatic rings. The average molecular weight is 463 g/mol. The molecule has 3 heterocycles. The number of carbonyl (C=O) groups is 1. The van der Waals surface area contributed by atoms with Crippen LogP contribution < -0.4 is 0 Å². The summed E-state index contributed by atoms with van der Waals surface area (Å²) >= 11 is 1.50. The number of fused-ring (bicyclic) bond motifs is 1. The van der Waals surface area contributed by atoms with E-state index in [0.29, 0.717) is 6.54 Å². The maximum Gasteiger partial charge on any atom is 0.264 e. The SMILES string of the molecule is Cc1nn(Cc2ccc(F)cc2)c2sc(C(=O)N3CCCN(Cc4ccccc4)CC3)cc12. The van der Waals surface area contributed by atoms with Crippen molar-refractivity contribution >= 4 is 27.5 Å². The maximum atomic E-state index is 13.3. The molecule has 1 aliphatic heterocycles. The van der Waals surface area contributed by atoms with E-state index < -0.39 is 0 Å². The summed E-state index contributed by atoms with van der Waals surface area (Å²) in [6, 6.07) is 19.0. The smallest absolute Gasteiger partial charge is 0.264 e. The molecule has 0 saturated carbocycles. The van der Waals surface area contributed by atoms with Gasteiger partial charge in [-0.3, -0.25) is 14.4 Å². The minimum absolute atomic E-state index is 0.102. The molecule has 2 aromatic carbocycles. The van der Waals surface area contributed by atoms with Gasteiger partial charge in [-0.25, -0.2) is 4.39 Å². The molecule has 5 nitrogen and oxygen atoms in total. The Kier molecular flexibility index (Phi) is 6.24. The third kappa shape index (κ3) is 4.84. The standard InChI is InChI=1S/C26H27FN4OS/c1-19-23-16-24(33-26(23)31(28-19)18-21-8-10-22(27)11-9-21)25(32)30-13-5-12-29(14-15-30)17-20-6-3-2-4-7-20/h2-4,6-11,16H,5,12-15,17-18H2,1H3. The largest absolute Gasteiger partial charge is 0.337 e. The first-order valence-electron chi connectivity index (χ1n) is 11.3. The van der Waals surface area contributed by atoms with E-state index in [-0.39, 0.29) is 11.7 Å². The Morgan fingerprint density at radius 2 is 1.73 bits per heavy atom. The second-order valence-electron chi connectivity index (χ2n) is 8.61. The Bertz CT molecular complexity index is 1250. The number of benzene rings is 2. The summed E-state index contributed by atoms with van der Waals surface area (Å²) in [4.78, 5) is 19.5. The van der Waals surface area contributed by atoms with Gasteiger partial charge in [-0.05, 0) is 42.7 Å². The number of thiophene rings is 1. The van der Waals surface area contributed by atoms with Crippen LogP contribution in [0.4, 0.5) is 4.39 Å². The first-order chi connectivity index (χ1) is 16.1. The lowest BCUT2D eigenvalue weighted by Crippen LogP contribution is -2.34. The van der Waals surface area contributed by atoms with Crippen LogP contribution in [0.25, 0.3) is 10.2 Å². The second-order valence-corrected chi connectivity index (χ2v) is 9.64. The van der Waals surface area contributed by atoms with E-state index in [2.05, 4.69) is 34.3 Å². The van der Waals surface area contributed by atoms with Crippen LogP contribution in [0.15, 0.2) is 60.7 Å². The van der Waals surface area contributed by atoms with E-state index >= 15 is 0 Å². The van der Waals surface area contributed by atoms with E-state index in [0.717, 1.165) is 65.5 Å². The average Bonchev–Trinajstić information content (AvgIpc) is 3.29. The van der Waals surface area contributed by atoms with E-state index in [4.69, 9.17) is 0 Å². The fourth-order valence-corrected chi connectivity index (χ4v) is 5.55. The van der Waals surface area contributed by atoms with Crippen LogP contribution in [-0.4, -0.2) is 51.7 Å². The monoisotopic (exact) mass is 462 g/mol. The third-order valence-corrected chi connectivity index (χ3v) is 7.32.